The van der Waals surface area contributed by atoms with Crippen molar-refractivity contribution in [3.05, 3.63) is 57.9 Å². The van der Waals surface area contributed by atoms with Crippen LogP contribution in [0.2, 0.25) is 0 Å². The zero-order chi connectivity index (χ0) is 24.0. The van der Waals surface area contributed by atoms with Crippen LogP contribution in [0.1, 0.15) is 30.0 Å². The highest BCUT2D eigenvalue weighted by molar-refractivity contribution is 7.09. The first-order chi connectivity index (χ1) is 15.7. The molecule has 176 valence electrons. The smallest absolute Gasteiger partial charge is 0.347 e. The van der Waals surface area contributed by atoms with Crippen LogP contribution in [0.4, 0.5) is 0 Å². The number of hydrogen-bond donors (Lipinski definition) is 2. The molecule has 8 heteroatoms. The Balaban J connectivity index is 1.48. The predicted molar refractivity (Wildman–Crippen MR) is 130 cm³/mol. The molecule has 0 spiro atoms. The highest BCUT2D eigenvalue weighted by Crippen LogP contribution is 2.30. The van der Waals surface area contributed by atoms with Crippen molar-refractivity contribution in [1.82, 2.24) is 10.3 Å². The molecule has 0 saturated carbocycles. The minimum Gasteiger partial charge on any atom is -0.497 e. The fourth-order valence-electron chi connectivity index (χ4n) is 3.06. The van der Waals surface area contributed by atoms with E-state index in [1.807, 2.05) is 50.2 Å². The van der Waals surface area contributed by atoms with E-state index in [1.165, 1.54) is 13.8 Å². The van der Waals surface area contributed by atoms with Gasteiger partial charge in [0.05, 0.1) is 12.8 Å². The number of nitrogens with zero attached hydrogens (tertiary/aromatic N) is 1. The Hall–Kier alpha value is -3.10. The lowest BCUT2D eigenvalue weighted by atomic mass is 10.1. The van der Waals surface area contributed by atoms with Crippen LogP contribution < -0.4 is 19.5 Å². The number of rotatable bonds is 11. The van der Waals surface area contributed by atoms with E-state index in [0.717, 1.165) is 38.9 Å². The Bertz CT molecular complexity index is 1090. The number of carboxylic acid groups (broad SMARTS) is 1. The van der Waals surface area contributed by atoms with E-state index in [0.29, 0.717) is 25.4 Å². The maximum absolute atomic E-state index is 11.3. The topological polar surface area (TPSA) is 89.9 Å². The summed E-state index contributed by atoms with van der Waals surface area (Å²) in [5.41, 5.74) is 2.43. The third kappa shape index (κ3) is 6.46. The molecule has 7 nitrogen and oxygen atoms in total. The molecule has 0 bridgehead atoms. The lowest BCUT2D eigenvalue weighted by molar-refractivity contribution is -0.152. The van der Waals surface area contributed by atoms with Gasteiger partial charge in [0.25, 0.3) is 0 Å². The lowest BCUT2D eigenvalue weighted by Crippen LogP contribution is -2.38. The van der Waals surface area contributed by atoms with Crippen LogP contribution in [0, 0.1) is 13.8 Å². The van der Waals surface area contributed by atoms with Crippen LogP contribution in [0.15, 0.2) is 41.8 Å². The van der Waals surface area contributed by atoms with Crippen molar-refractivity contribution in [3.63, 3.8) is 0 Å². The number of carboxylic acids is 1. The zero-order valence-electron chi connectivity index (χ0n) is 19.6. The third-order valence-electron chi connectivity index (χ3n) is 5.10. The summed E-state index contributed by atoms with van der Waals surface area (Å²) >= 11 is 1.62. The van der Waals surface area contributed by atoms with Gasteiger partial charge in [-0.3, -0.25) is 0 Å². The summed E-state index contributed by atoms with van der Waals surface area (Å²) in [5.74, 6) is 1.11. The van der Waals surface area contributed by atoms with Gasteiger partial charge in [-0.2, -0.15) is 0 Å². The summed E-state index contributed by atoms with van der Waals surface area (Å²) in [6.07, 6.45) is 0. The van der Waals surface area contributed by atoms with E-state index in [9.17, 15) is 9.90 Å². The van der Waals surface area contributed by atoms with E-state index < -0.39 is 11.6 Å². The highest BCUT2D eigenvalue weighted by atomic mass is 32.1. The van der Waals surface area contributed by atoms with Crippen molar-refractivity contribution in [2.24, 2.45) is 0 Å². The number of aryl methyl sites for hydroxylation is 2. The molecule has 1 heterocycles. The maximum atomic E-state index is 11.3. The number of hydrogen-bond acceptors (Lipinski definition) is 7. The number of carbonyl (C=O) groups is 1. The monoisotopic (exact) mass is 470 g/mol. The molecule has 0 atom stereocenters. The summed E-state index contributed by atoms with van der Waals surface area (Å²) in [7, 11) is 1.65. The molecule has 3 rings (SSSR count). The quantitative estimate of drug-likeness (QED) is 0.387. The van der Waals surface area contributed by atoms with E-state index >= 15 is 0 Å². The van der Waals surface area contributed by atoms with Crippen molar-refractivity contribution in [3.8, 4) is 28.5 Å². The summed E-state index contributed by atoms with van der Waals surface area (Å²) in [5, 5.41) is 15.7. The van der Waals surface area contributed by atoms with Crippen LogP contribution in [0.25, 0.3) is 11.3 Å². The molecule has 3 aromatic rings. The van der Waals surface area contributed by atoms with E-state index in [-0.39, 0.29) is 0 Å². The average Bonchev–Trinajstić information content (AvgIpc) is 3.25. The first kappa shape index (κ1) is 24.5. The number of aliphatic carboxylic acids is 1. The van der Waals surface area contributed by atoms with Crippen LogP contribution >= 0.6 is 11.3 Å². The Kier molecular flexibility index (Phi) is 7.94. The van der Waals surface area contributed by atoms with Gasteiger partial charge in [0.15, 0.2) is 5.60 Å². The largest absolute Gasteiger partial charge is 0.497 e. The fourth-order valence-corrected chi connectivity index (χ4v) is 3.84. The Morgan fingerprint density at radius 1 is 1.12 bits per heavy atom. The molecule has 33 heavy (non-hydrogen) atoms. The predicted octanol–water partition coefficient (Wildman–Crippen LogP) is 4.85. The van der Waals surface area contributed by atoms with Crippen molar-refractivity contribution in [2.75, 3.05) is 20.3 Å². The summed E-state index contributed by atoms with van der Waals surface area (Å²) in [6, 6.07) is 11.6. The molecular formula is C25H30N2O5S. The molecule has 2 N–H and O–H groups in total. The van der Waals surface area contributed by atoms with Gasteiger partial charge in [-0.25, -0.2) is 9.78 Å². The van der Waals surface area contributed by atoms with E-state index in [4.69, 9.17) is 14.2 Å². The first-order valence-corrected chi connectivity index (χ1v) is 11.5. The second-order valence-electron chi connectivity index (χ2n) is 8.18. The number of thiazole rings is 1. The molecule has 1 aromatic heterocycles. The van der Waals surface area contributed by atoms with E-state index in [1.54, 1.807) is 18.4 Å². The zero-order valence-corrected chi connectivity index (χ0v) is 20.4. The van der Waals surface area contributed by atoms with Gasteiger partial charge in [0.1, 0.15) is 28.9 Å². The van der Waals surface area contributed by atoms with Crippen molar-refractivity contribution in [2.45, 2.75) is 39.8 Å². The molecule has 0 fully saturated rings. The Labute approximate surface area is 198 Å². The van der Waals surface area contributed by atoms with Crippen molar-refractivity contribution >= 4 is 17.3 Å². The van der Waals surface area contributed by atoms with Crippen molar-refractivity contribution < 1.29 is 24.1 Å². The fraction of sp³-hybridized carbons (Fsp3) is 0.360. The maximum Gasteiger partial charge on any atom is 0.347 e. The van der Waals surface area contributed by atoms with E-state index in [2.05, 4.69) is 15.7 Å². The standard InChI is InChI=1S/C25H30N2O5S/c1-16-13-22(32-25(3,4)24(28)29)17(2)12-21(16)31-11-10-26-14-23-27-20(15-33-23)18-6-8-19(30-5)9-7-18/h6-9,12-13,15,26H,10-11,14H2,1-5H3,(H,28,29). The minimum atomic E-state index is -1.30. The van der Waals surface area contributed by atoms with Gasteiger partial charge in [-0.15, -0.1) is 11.3 Å². The molecular weight excluding hydrogens is 440 g/mol. The third-order valence-corrected chi connectivity index (χ3v) is 5.95. The van der Waals surface area contributed by atoms with Gasteiger partial charge in [-0.05, 0) is 75.2 Å². The number of benzene rings is 2. The SMILES string of the molecule is COc1ccc(-c2csc(CNCCOc3cc(C)c(OC(C)(C)C(=O)O)cc3C)n2)cc1. The molecule has 0 radical (unpaired) electrons. The van der Waals surface area contributed by atoms with Crippen LogP contribution in [0.3, 0.4) is 0 Å². The van der Waals surface area contributed by atoms with Crippen LogP contribution in [-0.4, -0.2) is 41.9 Å². The normalized spacial score (nSPS) is 11.3. The van der Waals surface area contributed by atoms with Crippen molar-refractivity contribution in [1.29, 1.82) is 0 Å². The molecule has 0 unspecified atom stereocenters. The van der Waals surface area contributed by atoms with Crippen LogP contribution in [0.5, 0.6) is 17.2 Å². The molecule has 0 aliphatic rings. The average molecular weight is 471 g/mol. The number of methoxy groups -OCH3 is 1. The summed E-state index contributed by atoms with van der Waals surface area (Å²) in [4.78, 5) is 16.0. The lowest BCUT2D eigenvalue weighted by Gasteiger charge is -2.23. The van der Waals surface area contributed by atoms with Crippen LogP contribution in [-0.2, 0) is 11.3 Å². The van der Waals surface area contributed by atoms with Gasteiger partial charge >= 0.3 is 5.97 Å². The minimum absolute atomic E-state index is 0.498. The molecule has 0 amide bonds. The Morgan fingerprint density at radius 2 is 1.79 bits per heavy atom. The molecule has 0 aliphatic heterocycles. The molecule has 2 aromatic carbocycles. The highest BCUT2D eigenvalue weighted by Gasteiger charge is 2.30. The second-order valence-corrected chi connectivity index (χ2v) is 9.12. The van der Waals surface area contributed by atoms with Gasteiger partial charge < -0.3 is 24.6 Å². The molecule has 0 saturated heterocycles. The van der Waals surface area contributed by atoms with Gasteiger partial charge in [0, 0.05) is 24.0 Å². The van der Waals surface area contributed by atoms with Gasteiger partial charge in [-0.1, -0.05) is 0 Å². The summed E-state index contributed by atoms with van der Waals surface area (Å²) in [6.45, 7) is 8.68. The number of ether oxygens (including phenoxy) is 3. The Morgan fingerprint density at radius 3 is 2.45 bits per heavy atom. The summed E-state index contributed by atoms with van der Waals surface area (Å²) < 4.78 is 16.8. The number of aromatic nitrogens is 1. The molecule has 0 aliphatic carbocycles. The van der Waals surface area contributed by atoms with Gasteiger partial charge in [0.2, 0.25) is 0 Å². The second kappa shape index (κ2) is 10.7. The first-order valence-electron chi connectivity index (χ1n) is 10.7. The number of nitrogens with one attached hydrogen (secondary N) is 1.